The molecule has 2 rings (SSSR count). The number of rotatable bonds is 5. The van der Waals surface area contributed by atoms with E-state index in [-0.39, 0.29) is 0 Å². The minimum Gasteiger partial charge on any atom is -0.457 e. The van der Waals surface area contributed by atoms with Crippen molar-refractivity contribution in [2.75, 3.05) is 6.54 Å². The second kappa shape index (κ2) is 6.60. The SMILES string of the molecule is CCNCc1ccc(Oc2cccc(C)c2)cc1Cl. The molecule has 100 valence electrons. The molecule has 3 heteroatoms. The van der Waals surface area contributed by atoms with Crippen LogP contribution in [-0.4, -0.2) is 6.54 Å². The van der Waals surface area contributed by atoms with Gasteiger partial charge in [0.15, 0.2) is 0 Å². The predicted molar refractivity (Wildman–Crippen MR) is 80.1 cm³/mol. The smallest absolute Gasteiger partial charge is 0.128 e. The first kappa shape index (κ1) is 13.9. The molecule has 0 aromatic heterocycles. The summed E-state index contributed by atoms with van der Waals surface area (Å²) in [6.45, 7) is 5.82. The molecule has 0 atom stereocenters. The highest BCUT2D eigenvalue weighted by Gasteiger charge is 2.03. The van der Waals surface area contributed by atoms with E-state index in [1.807, 2.05) is 49.4 Å². The molecule has 0 saturated heterocycles. The Labute approximate surface area is 119 Å². The molecule has 0 bridgehead atoms. The van der Waals surface area contributed by atoms with Crippen molar-refractivity contribution in [3.8, 4) is 11.5 Å². The van der Waals surface area contributed by atoms with Gasteiger partial charge >= 0.3 is 0 Å². The van der Waals surface area contributed by atoms with Crippen LogP contribution in [0, 0.1) is 6.92 Å². The van der Waals surface area contributed by atoms with Crippen molar-refractivity contribution in [1.29, 1.82) is 0 Å². The van der Waals surface area contributed by atoms with Crippen LogP contribution in [-0.2, 0) is 6.54 Å². The summed E-state index contributed by atoms with van der Waals surface area (Å²) in [5.41, 5.74) is 2.26. The van der Waals surface area contributed by atoms with E-state index in [0.717, 1.165) is 35.2 Å². The Bertz CT molecular complexity index is 554. The minimum atomic E-state index is 0.728. The zero-order valence-electron chi connectivity index (χ0n) is 11.2. The second-order valence-electron chi connectivity index (χ2n) is 4.45. The molecule has 0 aliphatic rings. The summed E-state index contributed by atoms with van der Waals surface area (Å²) in [5.74, 6) is 1.59. The maximum atomic E-state index is 6.24. The highest BCUT2D eigenvalue weighted by atomic mass is 35.5. The summed E-state index contributed by atoms with van der Waals surface area (Å²) in [6, 6.07) is 13.8. The van der Waals surface area contributed by atoms with Crippen molar-refractivity contribution in [3.63, 3.8) is 0 Å². The van der Waals surface area contributed by atoms with E-state index in [9.17, 15) is 0 Å². The van der Waals surface area contributed by atoms with E-state index in [1.165, 1.54) is 5.56 Å². The Morgan fingerprint density at radius 2 is 1.89 bits per heavy atom. The predicted octanol–water partition coefficient (Wildman–Crippen LogP) is 4.55. The number of nitrogens with one attached hydrogen (secondary N) is 1. The van der Waals surface area contributed by atoms with Gasteiger partial charge in [0.25, 0.3) is 0 Å². The molecule has 2 nitrogen and oxygen atoms in total. The molecule has 0 amide bonds. The zero-order chi connectivity index (χ0) is 13.7. The largest absolute Gasteiger partial charge is 0.457 e. The van der Waals surface area contributed by atoms with Crippen LogP contribution in [0.4, 0.5) is 0 Å². The van der Waals surface area contributed by atoms with Crippen LogP contribution in [0.25, 0.3) is 0 Å². The maximum Gasteiger partial charge on any atom is 0.128 e. The second-order valence-corrected chi connectivity index (χ2v) is 4.86. The van der Waals surface area contributed by atoms with Crippen LogP contribution in [0.15, 0.2) is 42.5 Å². The fourth-order valence-electron chi connectivity index (χ4n) is 1.81. The number of hydrogen-bond acceptors (Lipinski definition) is 2. The topological polar surface area (TPSA) is 21.3 Å². The first-order chi connectivity index (χ1) is 9.19. The van der Waals surface area contributed by atoms with Crippen LogP contribution in [0.3, 0.4) is 0 Å². The summed E-state index contributed by atoms with van der Waals surface area (Å²) in [5, 5.41) is 3.98. The Balaban J connectivity index is 2.11. The van der Waals surface area contributed by atoms with Gasteiger partial charge in [-0.3, -0.25) is 0 Å². The Morgan fingerprint density at radius 1 is 1.11 bits per heavy atom. The lowest BCUT2D eigenvalue weighted by Crippen LogP contribution is -2.11. The van der Waals surface area contributed by atoms with Crippen LogP contribution in [0.1, 0.15) is 18.1 Å². The normalized spacial score (nSPS) is 10.5. The maximum absolute atomic E-state index is 6.24. The van der Waals surface area contributed by atoms with Gasteiger partial charge in [0.1, 0.15) is 11.5 Å². The van der Waals surface area contributed by atoms with Gasteiger partial charge in [-0.25, -0.2) is 0 Å². The molecule has 0 heterocycles. The van der Waals surface area contributed by atoms with Crippen molar-refractivity contribution in [3.05, 3.63) is 58.6 Å². The molecule has 0 spiro atoms. The van der Waals surface area contributed by atoms with E-state index in [2.05, 4.69) is 12.2 Å². The fourth-order valence-corrected chi connectivity index (χ4v) is 2.05. The summed E-state index contributed by atoms with van der Waals surface area (Å²) in [6.07, 6.45) is 0. The summed E-state index contributed by atoms with van der Waals surface area (Å²) in [4.78, 5) is 0. The first-order valence-corrected chi connectivity index (χ1v) is 6.80. The highest BCUT2D eigenvalue weighted by molar-refractivity contribution is 6.31. The molecule has 1 N–H and O–H groups in total. The van der Waals surface area contributed by atoms with Crippen molar-refractivity contribution in [1.82, 2.24) is 5.32 Å². The van der Waals surface area contributed by atoms with Crippen molar-refractivity contribution < 1.29 is 4.74 Å². The first-order valence-electron chi connectivity index (χ1n) is 6.42. The van der Waals surface area contributed by atoms with Gasteiger partial charge in [-0.2, -0.15) is 0 Å². The molecule has 0 aliphatic carbocycles. The molecular formula is C16H18ClNO. The summed E-state index contributed by atoms with van der Waals surface area (Å²) in [7, 11) is 0. The van der Waals surface area contributed by atoms with E-state index in [1.54, 1.807) is 0 Å². The van der Waals surface area contributed by atoms with Crippen molar-refractivity contribution >= 4 is 11.6 Å². The molecule has 0 fully saturated rings. The zero-order valence-corrected chi connectivity index (χ0v) is 12.0. The quantitative estimate of drug-likeness (QED) is 0.864. The molecule has 0 saturated carbocycles. The molecule has 2 aromatic rings. The lowest BCUT2D eigenvalue weighted by molar-refractivity contribution is 0.482. The van der Waals surface area contributed by atoms with Crippen LogP contribution in [0.2, 0.25) is 5.02 Å². The van der Waals surface area contributed by atoms with Gasteiger partial charge in [0.05, 0.1) is 0 Å². The number of benzene rings is 2. The Hall–Kier alpha value is -1.51. The standard InChI is InChI=1S/C16H18ClNO/c1-3-18-11-13-7-8-15(10-16(13)17)19-14-6-4-5-12(2)9-14/h4-10,18H,3,11H2,1-2H3. The Morgan fingerprint density at radius 3 is 2.58 bits per heavy atom. The summed E-state index contributed by atoms with van der Waals surface area (Å²) < 4.78 is 5.79. The van der Waals surface area contributed by atoms with Gasteiger partial charge in [-0.05, 0) is 48.9 Å². The van der Waals surface area contributed by atoms with Gasteiger partial charge in [0.2, 0.25) is 0 Å². The molecule has 2 aromatic carbocycles. The van der Waals surface area contributed by atoms with Gasteiger partial charge < -0.3 is 10.1 Å². The average Bonchev–Trinajstić information content (AvgIpc) is 2.38. The number of aryl methyl sites for hydroxylation is 1. The molecule has 19 heavy (non-hydrogen) atoms. The van der Waals surface area contributed by atoms with Crippen molar-refractivity contribution in [2.45, 2.75) is 20.4 Å². The highest BCUT2D eigenvalue weighted by Crippen LogP contribution is 2.27. The van der Waals surface area contributed by atoms with Gasteiger partial charge in [0, 0.05) is 11.6 Å². The van der Waals surface area contributed by atoms with Crippen LogP contribution in [0.5, 0.6) is 11.5 Å². The summed E-state index contributed by atoms with van der Waals surface area (Å²) >= 11 is 6.24. The van der Waals surface area contributed by atoms with Crippen molar-refractivity contribution in [2.24, 2.45) is 0 Å². The molecule has 0 radical (unpaired) electrons. The Kier molecular flexibility index (Phi) is 4.83. The van der Waals surface area contributed by atoms with E-state index in [0.29, 0.717) is 0 Å². The third-order valence-electron chi connectivity index (χ3n) is 2.82. The monoisotopic (exact) mass is 275 g/mol. The molecular weight excluding hydrogens is 258 g/mol. The van der Waals surface area contributed by atoms with Gasteiger partial charge in [-0.1, -0.05) is 36.7 Å². The van der Waals surface area contributed by atoms with E-state index < -0.39 is 0 Å². The number of ether oxygens (including phenoxy) is 1. The van der Waals surface area contributed by atoms with Gasteiger partial charge in [-0.15, -0.1) is 0 Å². The van der Waals surface area contributed by atoms with E-state index >= 15 is 0 Å². The molecule has 0 aliphatic heterocycles. The average molecular weight is 276 g/mol. The third-order valence-corrected chi connectivity index (χ3v) is 3.17. The lowest BCUT2D eigenvalue weighted by atomic mass is 10.2. The number of hydrogen-bond donors (Lipinski definition) is 1. The molecule has 0 unspecified atom stereocenters. The van der Waals surface area contributed by atoms with E-state index in [4.69, 9.17) is 16.3 Å². The third kappa shape index (κ3) is 3.98. The lowest BCUT2D eigenvalue weighted by Gasteiger charge is -2.09. The number of halogens is 1. The fraction of sp³-hybridized carbons (Fsp3) is 0.250. The van der Waals surface area contributed by atoms with Crippen LogP contribution < -0.4 is 10.1 Å². The van der Waals surface area contributed by atoms with Crippen LogP contribution >= 0.6 is 11.6 Å². The minimum absolute atomic E-state index is 0.728.